The minimum atomic E-state index is -0.0326. The van der Waals surface area contributed by atoms with Crippen molar-refractivity contribution in [3.63, 3.8) is 0 Å². The normalized spacial score (nSPS) is 25.8. The summed E-state index contributed by atoms with van der Waals surface area (Å²) < 4.78 is 5.01. The first-order chi connectivity index (χ1) is 7.57. The molecule has 4 heteroatoms. The van der Waals surface area contributed by atoms with Crippen LogP contribution in [0.2, 0.25) is 0 Å². The summed E-state index contributed by atoms with van der Waals surface area (Å²) in [6, 6.07) is -0.0326. The molecule has 16 heavy (non-hydrogen) atoms. The molecule has 0 bridgehead atoms. The molecule has 94 valence electrons. The third-order valence-corrected chi connectivity index (χ3v) is 3.04. The summed E-state index contributed by atoms with van der Waals surface area (Å²) >= 11 is 0. The van der Waals surface area contributed by atoms with Crippen molar-refractivity contribution in [3.05, 3.63) is 0 Å². The molecule has 0 spiro atoms. The molecule has 0 radical (unpaired) electrons. The van der Waals surface area contributed by atoms with Crippen molar-refractivity contribution in [2.24, 2.45) is 5.92 Å². The number of carbonyl (C=O) groups is 1. The highest BCUT2D eigenvalue weighted by Gasteiger charge is 2.36. The van der Waals surface area contributed by atoms with Gasteiger partial charge in [-0.3, -0.25) is 10.1 Å². The van der Waals surface area contributed by atoms with E-state index in [4.69, 9.17) is 4.74 Å². The second-order valence-corrected chi connectivity index (χ2v) is 4.81. The summed E-state index contributed by atoms with van der Waals surface area (Å²) in [5, 5.41) is 3.34. The Morgan fingerprint density at radius 1 is 1.44 bits per heavy atom. The van der Waals surface area contributed by atoms with Crippen molar-refractivity contribution in [1.29, 1.82) is 0 Å². The van der Waals surface area contributed by atoms with E-state index < -0.39 is 0 Å². The number of nitrogens with one attached hydrogen (secondary N) is 1. The third kappa shape index (κ3) is 3.19. The molecule has 0 aromatic heterocycles. The van der Waals surface area contributed by atoms with Crippen molar-refractivity contribution in [2.75, 3.05) is 20.3 Å². The van der Waals surface area contributed by atoms with Crippen molar-refractivity contribution in [3.8, 4) is 0 Å². The first-order valence-electron chi connectivity index (χ1n) is 6.13. The van der Waals surface area contributed by atoms with E-state index in [1.54, 1.807) is 7.11 Å². The van der Waals surface area contributed by atoms with Gasteiger partial charge in [-0.15, -0.1) is 0 Å². The lowest BCUT2D eigenvalue weighted by molar-refractivity contribution is -0.130. The molecule has 2 atom stereocenters. The lowest BCUT2D eigenvalue weighted by Crippen LogP contribution is -2.41. The van der Waals surface area contributed by atoms with E-state index in [2.05, 4.69) is 19.2 Å². The van der Waals surface area contributed by atoms with Gasteiger partial charge in [0, 0.05) is 20.3 Å². The van der Waals surface area contributed by atoms with E-state index >= 15 is 0 Å². The number of nitrogens with zero attached hydrogens (tertiary/aromatic N) is 1. The molecule has 0 aromatic rings. The van der Waals surface area contributed by atoms with E-state index in [1.807, 2.05) is 11.8 Å². The zero-order valence-electron chi connectivity index (χ0n) is 10.8. The maximum absolute atomic E-state index is 11.9. The highest BCUT2D eigenvalue weighted by atomic mass is 16.5. The zero-order chi connectivity index (χ0) is 12.1. The van der Waals surface area contributed by atoms with E-state index in [-0.39, 0.29) is 18.1 Å². The average Bonchev–Trinajstić information content (AvgIpc) is 2.52. The quantitative estimate of drug-likeness (QED) is 0.695. The molecular weight excluding hydrogens is 204 g/mol. The van der Waals surface area contributed by atoms with Crippen molar-refractivity contribution in [2.45, 2.75) is 45.8 Å². The Morgan fingerprint density at radius 3 is 2.69 bits per heavy atom. The molecule has 4 nitrogen and oxygen atoms in total. The standard InChI is InChI=1S/C12H24N2O2/c1-9(2)11-13-10(3)12(15)14(11)7-5-6-8-16-4/h9-11,13H,5-8H2,1-4H3. The smallest absolute Gasteiger partial charge is 0.240 e. The molecule has 1 aliphatic heterocycles. The molecule has 1 aliphatic rings. The van der Waals surface area contributed by atoms with E-state index in [0.29, 0.717) is 5.92 Å². The van der Waals surface area contributed by atoms with Gasteiger partial charge in [0.25, 0.3) is 0 Å². The monoisotopic (exact) mass is 228 g/mol. The van der Waals surface area contributed by atoms with E-state index in [1.165, 1.54) is 0 Å². The molecule has 2 unspecified atom stereocenters. The highest BCUT2D eigenvalue weighted by Crippen LogP contribution is 2.17. The molecule has 0 aliphatic carbocycles. The average molecular weight is 228 g/mol. The largest absolute Gasteiger partial charge is 0.385 e. The number of unbranched alkanes of at least 4 members (excludes halogenated alkanes) is 1. The number of rotatable bonds is 6. The summed E-state index contributed by atoms with van der Waals surface area (Å²) in [5.41, 5.74) is 0. The topological polar surface area (TPSA) is 41.6 Å². The number of carbonyl (C=O) groups excluding carboxylic acids is 1. The SMILES string of the molecule is COCCCCN1C(=O)C(C)NC1C(C)C. The van der Waals surface area contributed by atoms with Crippen LogP contribution in [0.4, 0.5) is 0 Å². The highest BCUT2D eigenvalue weighted by molar-refractivity contribution is 5.83. The maximum atomic E-state index is 11.9. The Morgan fingerprint density at radius 2 is 2.12 bits per heavy atom. The lowest BCUT2D eigenvalue weighted by Gasteiger charge is -2.27. The van der Waals surface area contributed by atoms with Crippen LogP contribution < -0.4 is 5.32 Å². The van der Waals surface area contributed by atoms with Crippen LogP contribution in [0, 0.1) is 5.92 Å². The van der Waals surface area contributed by atoms with Gasteiger partial charge in [-0.1, -0.05) is 13.8 Å². The predicted molar refractivity (Wildman–Crippen MR) is 64.0 cm³/mol. The Hall–Kier alpha value is -0.610. The molecule has 1 heterocycles. The van der Waals surface area contributed by atoms with Crippen molar-refractivity contribution < 1.29 is 9.53 Å². The fourth-order valence-corrected chi connectivity index (χ4v) is 2.13. The van der Waals surface area contributed by atoms with Crippen LogP contribution in [-0.2, 0) is 9.53 Å². The molecule has 0 saturated carbocycles. The van der Waals surface area contributed by atoms with E-state index in [9.17, 15) is 4.79 Å². The Balaban J connectivity index is 2.44. The van der Waals surface area contributed by atoms with Crippen molar-refractivity contribution in [1.82, 2.24) is 10.2 Å². The van der Waals surface area contributed by atoms with Gasteiger partial charge in [0.1, 0.15) is 0 Å². The van der Waals surface area contributed by atoms with Crippen LogP contribution in [-0.4, -0.2) is 43.3 Å². The number of hydrogen-bond acceptors (Lipinski definition) is 3. The molecule has 1 fully saturated rings. The zero-order valence-corrected chi connectivity index (χ0v) is 10.8. The minimum Gasteiger partial charge on any atom is -0.385 e. The summed E-state index contributed by atoms with van der Waals surface area (Å²) in [4.78, 5) is 13.9. The van der Waals surface area contributed by atoms with Crippen LogP contribution in [0.15, 0.2) is 0 Å². The van der Waals surface area contributed by atoms with Gasteiger partial charge in [0.15, 0.2) is 0 Å². The Kier molecular flexibility index (Phi) is 5.22. The second-order valence-electron chi connectivity index (χ2n) is 4.81. The van der Waals surface area contributed by atoms with Gasteiger partial charge in [-0.05, 0) is 25.7 Å². The van der Waals surface area contributed by atoms with Crippen LogP contribution in [0.5, 0.6) is 0 Å². The molecule has 1 N–H and O–H groups in total. The fraction of sp³-hybridized carbons (Fsp3) is 0.917. The summed E-state index contributed by atoms with van der Waals surface area (Å²) in [6.07, 6.45) is 2.22. The first kappa shape index (κ1) is 13.5. The van der Waals surface area contributed by atoms with Crippen LogP contribution in [0.3, 0.4) is 0 Å². The van der Waals surface area contributed by atoms with Gasteiger partial charge in [-0.25, -0.2) is 0 Å². The summed E-state index contributed by atoms with van der Waals surface area (Å²) in [6.45, 7) is 7.84. The van der Waals surface area contributed by atoms with Crippen LogP contribution in [0.25, 0.3) is 0 Å². The first-order valence-corrected chi connectivity index (χ1v) is 6.13. The molecule has 1 rings (SSSR count). The minimum absolute atomic E-state index is 0.0326. The lowest BCUT2D eigenvalue weighted by atomic mass is 10.1. The number of methoxy groups -OCH3 is 1. The summed E-state index contributed by atoms with van der Waals surface area (Å²) in [5.74, 6) is 0.687. The third-order valence-electron chi connectivity index (χ3n) is 3.04. The van der Waals surface area contributed by atoms with Gasteiger partial charge < -0.3 is 9.64 Å². The number of hydrogen-bond donors (Lipinski definition) is 1. The van der Waals surface area contributed by atoms with Crippen LogP contribution >= 0.6 is 0 Å². The van der Waals surface area contributed by atoms with Gasteiger partial charge >= 0.3 is 0 Å². The molecular formula is C12H24N2O2. The van der Waals surface area contributed by atoms with E-state index in [0.717, 1.165) is 26.0 Å². The molecule has 1 amide bonds. The second kappa shape index (κ2) is 6.21. The predicted octanol–water partition coefficient (Wildman–Crippen LogP) is 1.22. The summed E-state index contributed by atoms with van der Waals surface area (Å²) in [7, 11) is 1.71. The molecule has 1 saturated heterocycles. The fourth-order valence-electron chi connectivity index (χ4n) is 2.13. The molecule has 0 aromatic carbocycles. The van der Waals surface area contributed by atoms with Gasteiger partial charge in [-0.2, -0.15) is 0 Å². The van der Waals surface area contributed by atoms with Crippen LogP contribution in [0.1, 0.15) is 33.6 Å². The van der Waals surface area contributed by atoms with Gasteiger partial charge in [0.05, 0.1) is 12.2 Å². The Bertz CT molecular complexity index is 231. The number of amides is 1. The van der Waals surface area contributed by atoms with Gasteiger partial charge in [0.2, 0.25) is 5.91 Å². The maximum Gasteiger partial charge on any atom is 0.240 e. The van der Waals surface area contributed by atoms with Crippen molar-refractivity contribution >= 4 is 5.91 Å². The Labute approximate surface area is 98.3 Å². The number of ether oxygens (including phenoxy) is 1.